The summed E-state index contributed by atoms with van der Waals surface area (Å²) < 4.78 is 55.0. The first-order valence-electron chi connectivity index (χ1n) is 31.2. The van der Waals surface area contributed by atoms with Crippen molar-refractivity contribution >= 4 is 235 Å². The fraction of sp³-hybridized carbons (Fsp3) is 0.104. The number of pyridine rings is 5. The predicted molar refractivity (Wildman–Crippen MR) is 414 cm³/mol. The zero-order valence-corrected chi connectivity index (χ0v) is 61.3. The van der Waals surface area contributed by atoms with Gasteiger partial charge in [-0.15, -0.1) is 40.9 Å². The van der Waals surface area contributed by atoms with Crippen LogP contribution in [0, 0.1) is 31.7 Å². The lowest BCUT2D eigenvalue weighted by atomic mass is 10.1. The largest absolute Gasteiger partial charge is 0.506 e. The summed E-state index contributed by atoms with van der Waals surface area (Å²) in [4.78, 5) is 77.8. The molecule has 0 saturated heterocycles. The van der Waals surface area contributed by atoms with Crippen molar-refractivity contribution in [3.63, 3.8) is 0 Å². The standard InChI is InChI=1S/C19H14N6O4S2.C17H14N8O3S.C16H11N7O3S.C15H10N6O2S/c1-3-22-12-6-4-5-10-16(12)13(7-15(18(10)26)31(27,28)29)23-24-19-11-8-21-9-14(20-2)17(11)25-30-19;1-3-13(27)21-16-12(26)4-9(7-28-8-18)15(22-16)23-24-17-10-5-20-6-11(19-2)14(10)25-29-17;1-8(25)20-12-4-9(3-11(15(12)26)19-7-24)21-22-16-10-5-18-6-13(17-2)14(10)23-27-16;1-8(22)18-11-5-9(3-4-13(11)23)19-20-15-10-6-17-7-12(16-2)14(10)21-24-15/h4-9,22,26H,3H2,1H3,(H,27,28,29);4-6,8,18,26H,3,7H2,1H3,(H,21,22,27);3-7,26H,1H3,(H,19,24)(H,20,25);3-7,23H,1H3,(H,18,22). The Kier molecular flexibility index (Phi) is 25.4. The minimum atomic E-state index is -4.71. The maximum Gasteiger partial charge on any atom is 0.298 e. The Hall–Kier alpha value is -14.9. The van der Waals surface area contributed by atoms with E-state index in [1.54, 1.807) is 37.5 Å². The molecule has 0 aliphatic rings. The van der Waals surface area contributed by atoms with Gasteiger partial charge in [0.2, 0.25) is 46.9 Å². The van der Waals surface area contributed by atoms with Crippen LogP contribution in [0.4, 0.5) is 94.2 Å². The average molecular weight is 1580 g/mol. The van der Waals surface area contributed by atoms with E-state index >= 15 is 0 Å². The van der Waals surface area contributed by atoms with E-state index in [-0.39, 0.29) is 93.2 Å². The number of carbonyl (C=O) groups excluding carboxylic acids is 4. The lowest BCUT2D eigenvalue weighted by molar-refractivity contribution is -0.116. The number of hydrogen-bond donors (Lipinski definition) is 11. The van der Waals surface area contributed by atoms with Crippen LogP contribution in [-0.4, -0.2) is 113 Å². The molecule has 554 valence electrons. The molecule has 0 saturated carbocycles. The number of aromatic nitrogens is 9. The Morgan fingerprint density at radius 3 is 1.50 bits per heavy atom. The summed E-state index contributed by atoms with van der Waals surface area (Å²) in [6.07, 6.45) is 13.2. The summed E-state index contributed by atoms with van der Waals surface area (Å²) in [6, 6.07) is 14.6. The Balaban J connectivity index is 0.000000158. The van der Waals surface area contributed by atoms with Gasteiger partial charge in [0.05, 0.1) is 82.5 Å². The maximum absolute atomic E-state index is 11.8. The van der Waals surface area contributed by atoms with Crippen molar-refractivity contribution in [2.75, 3.05) is 33.1 Å². The van der Waals surface area contributed by atoms with Gasteiger partial charge in [-0.3, -0.25) is 49.1 Å². The zero-order valence-electron chi connectivity index (χ0n) is 57.2. The topological polar surface area (TPSA) is 529 Å². The molecule has 111 heavy (non-hydrogen) atoms. The minimum Gasteiger partial charge on any atom is -0.506 e. The van der Waals surface area contributed by atoms with Gasteiger partial charge in [-0.25, -0.2) is 41.9 Å². The fourth-order valence-electron chi connectivity index (χ4n) is 9.56. The van der Waals surface area contributed by atoms with Gasteiger partial charge < -0.3 is 51.7 Å². The molecular weight excluding hydrogens is 1540 g/mol. The zero-order chi connectivity index (χ0) is 79.5. The van der Waals surface area contributed by atoms with Gasteiger partial charge >= 0.3 is 0 Å². The Bertz CT molecular complexity index is 6270. The number of amides is 4. The highest BCUT2D eigenvalue weighted by atomic mass is 32.2. The molecule has 0 aliphatic heterocycles. The number of fused-ring (bicyclic) bond motifs is 5. The highest BCUT2D eigenvalue weighted by Gasteiger charge is 2.24. The maximum atomic E-state index is 11.8. The number of phenolic OH excluding ortho intramolecular Hbond substituents is 3. The van der Waals surface area contributed by atoms with E-state index in [0.717, 1.165) is 58.6 Å². The molecule has 0 radical (unpaired) electrons. The normalized spacial score (nSPS) is 11.1. The number of hydrogen-bond acceptors (Lipinski definition) is 34. The number of azo groups is 4. The van der Waals surface area contributed by atoms with E-state index in [9.17, 15) is 52.6 Å². The molecule has 4 amide bonds. The second kappa shape index (κ2) is 35.9. The third kappa shape index (κ3) is 18.7. The van der Waals surface area contributed by atoms with Gasteiger partial charge in [0.25, 0.3) is 10.1 Å². The van der Waals surface area contributed by atoms with Crippen LogP contribution in [0.3, 0.4) is 0 Å². The summed E-state index contributed by atoms with van der Waals surface area (Å²) in [5, 5.41) is 98.1. The predicted octanol–water partition coefficient (Wildman–Crippen LogP) is 17.6. The first kappa shape index (κ1) is 78.7. The number of aromatic hydroxyl groups is 4. The average Bonchev–Trinajstić information content (AvgIpc) is 1.73. The van der Waals surface area contributed by atoms with Gasteiger partial charge in [-0.05, 0) is 102 Å². The first-order valence-corrected chi connectivity index (χ1v) is 35.8. The third-order valence-electron chi connectivity index (χ3n) is 14.5. The number of phenols is 3. The van der Waals surface area contributed by atoms with Crippen LogP contribution >= 0.6 is 46.1 Å². The molecule has 0 fully saturated rings. The number of rotatable bonds is 20. The van der Waals surface area contributed by atoms with Gasteiger partial charge in [-0.1, -0.05) is 19.1 Å². The molecule has 9 heterocycles. The molecule has 13 rings (SSSR count). The van der Waals surface area contributed by atoms with Crippen LogP contribution in [0.1, 0.15) is 39.7 Å². The Morgan fingerprint density at radius 2 is 1.04 bits per heavy atom. The Morgan fingerprint density at radius 1 is 0.559 bits per heavy atom. The van der Waals surface area contributed by atoms with Crippen LogP contribution in [0.15, 0.2) is 156 Å². The van der Waals surface area contributed by atoms with Gasteiger partial charge in [0.1, 0.15) is 23.0 Å². The minimum absolute atomic E-state index is 0.0571. The molecule has 11 N–H and O–H groups in total. The number of ether oxygens (including phenoxy) is 1. The monoisotopic (exact) mass is 1580 g/mol. The summed E-state index contributed by atoms with van der Waals surface area (Å²) in [5.74, 6) is -2.20. The Labute approximate surface area is 640 Å². The highest BCUT2D eigenvalue weighted by Crippen LogP contribution is 2.46. The number of nitrogens with one attached hydrogen (secondary N) is 6. The van der Waals surface area contributed by atoms with Crippen molar-refractivity contribution in [3.05, 3.63) is 161 Å². The molecule has 0 aliphatic carbocycles. The summed E-state index contributed by atoms with van der Waals surface area (Å²) in [5.41, 5.74) is 5.46. The molecular formula is C67H49N27O12S5. The lowest BCUT2D eigenvalue weighted by Gasteiger charge is -2.13. The van der Waals surface area contributed by atoms with Crippen LogP contribution in [0.25, 0.3) is 73.8 Å². The van der Waals surface area contributed by atoms with E-state index in [0.29, 0.717) is 116 Å². The summed E-state index contributed by atoms with van der Waals surface area (Å²) in [7, 11) is -4.71. The van der Waals surface area contributed by atoms with Crippen molar-refractivity contribution < 1.29 is 57.3 Å². The molecule has 0 bridgehead atoms. The van der Waals surface area contributed by atoms with Gasteiger partial charge in [0, 0.05) is 120 Å². The van der Waals surface area contributed by atoms with Crippen LogP contribution in [-0.2, 0) is 40.6 Å². The smallest absolute Gasteiger partial charge is 0.298 e. The molecule has 0 atom stereocenters. The second-order valence-corrected chi connectivity index (χ2v) is 26.2. The molecule has 4 aromatic carbocycles. The summed E-state index contributed by atoms with van der Waals surface area (Å²) >= 11 is 4.24. The van der Waals surface area contributed by atoms with E-state index in [4.69, 9.17) is 36.4 Å². The van der Waals surface area contributed by atoms with E-state index in [1.807, 2.05) is 6.92 Å². The molecule has 0 spiro atoms. The first-order chi connectivity index (χ1) is 53.5. The van der Waals surface area contributed by atoms with E-state index < -0.39 is 26.7 Å². The van der Waals surface area contributed by atoms with E-state index in [2.05, 4.69) is 129 Å². The number of benzene rings is 4. The summed E-state index contributed by atoms with van der Waals surface area (Å²) in [6.45, 7) is 35.3. The highest BCUT2D eigenvalue weighted by molar-refractivity contribution is 7.86. The quantitative estimate of drug-likeness (QED) is 0.00642. The van der Waals surface area contributed by atoms with Gasteiger partial charge in [-0.2, -0.15) is 8.42 Å². The third-order valence-corrected chi connectivity index (χ3v) is 18.3. The molecule has 44 heteroatoms. The van der Waals surface area contributed by atoms with Crippen molar-refractivity contribution in [2.24, 2.45) is 40.9 Å². The molecule has 0 unspecified atom stereocenters. The van der Waals surface area contributed by atoms with Crippen LogP contribution in [0.5, 0.6) is 23.0 Å². The molecule has 13 aromatic rings. The van der Waals surface area contributed by atoms with Crippen molar-refractivity contribution in [1.82, 2.24) is 42.4 Å². The van der Waals surface area contributed by atoms with Crippen LogP contribution in [0.2, 0.25) is 0 Å². The van der Waals surface area contributed by atoms with Crippen molar-refractivity contribution in [3.8, 4) is 23.0 Å². The SMILES string of the molecule is [C-]#[N+]c1cncc2c(N=Nc3cc(NC=O)c(O)c(NC(C)=O)c3)snc12.[C-]#[N+]c1cncc2c(N=Nc3cc(S(=O)(=O)O)c(O)c4cccc(NCC)c34)snc12.[C-]#[N+]c1cncc2c(N=Nc3ccc(O)c(NC(C)=O)c3)snc12.[C-]#[N+]c1cncc2c(N=Nc3nc(NC(=O)CC)c(O)cc3COC=N)snc12. The lowest BCUT2D eigenvalue weighted by Crippen LogP contribution is -2.11. The second-order valence-electron chi connectivity index (χ2n) is 21.8. The van der Waals surface area contributed by atoms with Crippen LogP contribution < -0.4 is 26.6 Å². The number of anilines is 5. The number of carbonyl (C=O) groups is 4. The van der Waals surface area contributed by atoms with Gasteiger partial charge in [0.15, 0.2) is 49.5 Å². The number of nitrogens with zero attached hydrogens (tertiary/aromatic N) is 21. The molecule has 9 aromatic heterocycles. The molecule has 39 nitrogen and oxygen atoms in total. The van der Waals surface area contributed by atoms with Crippen molar-refractivity contribution in [2.45, 2.75) is 45.6 Å². The van der Waals surface area contributed by atoms with Crippen molar-refractivity contribution in [1.29, 1.82) is 5.41 Å². The fourth-order valence-corrected chi connectivity index (χ4v) is 13.0. The van der Waals surface area contributed by atoms with E-state index in [1.165, 1.54) is 87.4 Å².